The van der Waals surface area contributed by atoms with Gasteiger partial charge in [-0.3, -0.25) is 5.10 Å². The van der Waals surface area contributed by atoms with Crippen LogP contribution in [0, 0.1) is 13.8 Å². The number of aryl methyl sites for hydroxylation is 2. The maximum atomic E-state index is 5.77. The molecule has 0 atom stereocenters. The first kappa shape index (κ1) is 21.2. The Hall–Kier alpha value is -4.07. The van der Waals surface area contributed by atoms with Crippen LogP contribution in [0.25, 0.3) is 35.0 Å². The zero-order valence-electron chi connectivity index (χ0n) is 18.6. The minimum absolute atomic E-state index is 0.357. The van der Waals surface area contributed by atoms with E-state index in [1.54, 1.807) is 27.4 Å². The Morgan fingerprint density at radius 3 is 2.25 bits per heavy atom. The molecule has 0 aliphatic rings. The van der Waals surface area contributed by atoms with E-state index in [0.29, 0.717) is 34.7 Å². The molecule has 0 saturated heterocycles. The number of H-pyrrole nitrogens is 1. The highest BCUT2D eigenvalue weighted by Crippen LogP contribution is 2.38. The van der Waals surface area contributed by atoms with Crippen molar-refractivity contribution in [1.82, 2.24) is 20.4 Å². The van der Waals surface area contributed by atoms with E-state index in [1.165, 1.54) is 11.1 Å². The fraction of sp³-hybridized carbons (Fsp3) is 0.208. The largest absolute Gasteiger partial charge is 0.493 e. The first-order valence-corrected chi connectivity index (χ1v) is 9.97. The van der Waals surface area contributed by atoms with E-state index in [9.17, 15) is 0 Å². The molecule has 8 nitrogen and oxygen atoms in total. The summed E-state index contributed by atoms with van der Waals surface area (Å²) < 4.78 is 21.9. The van der Waals surface area contributed by atoms with Gasteiger partial charge in [0.25, 0.3) is 5.89 Å². The van der Waals surface area contributed by atoms with Crippen LogP contribution in [0.3, 0.4) is 0 Å². The Kier molecular flexibility index (Phi) is 5.93. The molecule has 2 aromatic carbocycles. The molecule has 0 radical (unpaired) electrons. The normalized spacial score (nSPS) is 11.2. The molecule has 4 aromatic rings. The third kappa shape index (κ3) is 4.20. The molecular formula is C24H24N4O4. The molecule has 0 unspecified atom stereocenters. The predicted octanol–water partition coefficient (Wildman–Crippen LogP) is 4.94. The molecule has 0 amide bonds. The van der Waals surface area contributed by atoms with Crippen molar-refractivity contribution in [2.75, 3.05) is 21.3 Å². The molecule has 2 aromatic heterocycles. The average molecular weight is 432 g/mol. The van der Waals surface area contributed by atoms with Gasteiger partial charge in [-0.05, 0) is 60.9 Å². The van der Waals surface area contributed by atoms with Crippen LogP contribution in [0.1, 0.15) is 22.6 Å². The molecule has 8 heteroatoms. The summed E-state index contributed by atoms with van der Waals surface area (Å²) in [5.74, 6) is 2.38. The highest BCUT2D eigenvalue weighted by molar-refractivity contribution is 5.71. The van der Waals surface area contributed by atoms with Crippen molar-refractivity contribution in [3.63, 3.8) is 0 Å². The molecule has 1 N–H and O–H groups in total. The molecule has 0 bridgehead atoms. The SMILES string of the molecule is COc1cc(/C=C/c2nnc(-c3cc(-c4ccc(C)c(C)c4)n[nH]3)o2)cc(OC)c1OC. The zero-order valence-corrected chi connectivity index (χ0v) is 18.6. The van der Waals surface area contributed by atoms with Crippen LogP contribution in [0.15, 0.2) is 40.8 Å². The summed E-state index contributed by atoms with van der Waals surface area (Å²) >= 11 is 0. The van der Waals surface area contributed by atoms with Gasteiger partial charge in [-0.25, -0.2) is 0 Å². The fourth-order valence-corrected chi connectivity index (χ4v) is 3.26. The number of rotatable bonds is 7. The molecule has 0 aliphatic carbocycles. The van der Waals surface area contributed by atoms with Crippen LogP contribution in [0.2, 0.25) is 0 Å². The second-order valence-corrected chi connectivity index (χ2v) is 7.20. The van der Waals surface area contributed by atoms with Crippen molar-refractivity contribution in [3.05, 3.63) is 59.0 Å². The highest BCUT2D eigenvalue weighted by atomic mass is 16.5. The van der Waals surface area contributed by atoms with Crippen molar-refractivity contribution in [2.24, 2.45) is 0 Å². The number of nitrogens with zero attached hydrogens (tertiary/aromatic N) is 3. The fourth-order valence-electron chi connectivity index (χ4n) is 3.26. The van der Waals surface area contributed by atoms with Gasteiger partial charge in [-0.1, -0.05) is 12.1 Å². The molecule has 164 valence electrons. The number of hydrogen-bond acceptors (Lipinski definition) is 7. The number of hydrogen-bond donors (Lipinski definition) is 1. The molecule has 2 heterocycles. The van der Waals surface area contributed by atoms with Gasteiger partial charge in [0.2, 0.25) is 11.6 Å². The first-order valence-electron chi connectivity index (χ1n) is 9.97. The predicted molar refractivity (Wildman–Crippen MR) is 122 cm³/mol. The van der Waals surface area contributed by atoms with Gasteiger partial charge in [-0.2, -0.15) is 5.10 Å². The molecule has 4 rings (SSSR count). The summed E-state index contributed by atoms with van der Waals surface area (Å²) in [6, 6.07) is 11.8. The second kappa shape index (κ2) is 8.97. The number of benzene rings is 2. The van der Waals surface area contributed by atoms with Gasteiger partial charge in [-0.15, -0.1) is 10.2 Å². The van der Waals surface area contributed by atoms with Gasteiger partial charge in [0, 0.05) is 11.6 Å². The van der Waals surface area contributed by atoms with E-state index < -0.39 is 0 Å². The summed E-state index contributed by atoms with van der Waals surface area (Å²) in [4.78, 5) is 0. The maximum Gasteiger partial charge on any atom is 0.266 e. The van der Waals surface area contributed by atoms with Crippen molar-refractivity contribution < 1.29 is 18.6 Å². The lowest BCUT2D eigenvalue weighted by Gasteiger charge is -2.12. The molecule has 0 fully saturated rings. The quantitative estimate of drug-likeness (QED) is 0.442. The number of nitrogens with one attached hydrogen (secondary N) is 1. The van der Waals surface area contributed by atoms with Crippen LogP contribution < -0.4 is 14.2 Å². The van der Waals surface area contributed by atoms with Crippen molar-refractivity contribution in [1.29, 1.82) is 0 Å². The minimum atomic E-state index is 0.357. The van der Waals surface area contributed by atoms with Gasteiger partial charge >= 0.3 is 0 Å². The van der Waals surface area contributed by atoms with Gasteiger partial charge in [0.15, 0.2) is 11.5 Å². The smallest absolute Gasteiger partial charge is 0.266 e. The first-order chi connectivity index (χ1) is 15.5. The number of aromatic amines is 1. The molecule has 0 spiro atoms. The minimum Gasteiger partial charge on any atom is -0.493 e. The highest BCUT2D eigenvalue weighted by Gasteiger charge is 2.14. The van der Waals surface area contributed by atoms with Crippen LogP contribution in [0.4, 0.5) is 0 Å². The Morgan fingerprint density at radius 1 is 0.844 bits per heavy atom. The van der Waals surface area contributed by atoms with Crippen LogP contribution in [-0.4, -0.2) is 41.7 Å². The van der Waals surface area contributed by atoms with Crippen LogP contribution >= 0.6 is 0 Å². The Morgan fingerprint density at radius 2 is 1.59 bits per heavy atom. The molecule has 0 aliphatic heterocycles. The molecule has 0 saturated carbocycles. The standard InChI is InChI=1S/C24H24N4O4/c1-14-6-8-17(10-15(14)2)18-13-19(26-25-18)24-28-27-22(32-24)9-7-16-11-20(29-3)23(31-5)21(12-16)30-4/h6-13H,1-5H3,(H,25,26)/b9-7+. The average Bonchev–Trinajstić information content (AvgIpc) is 3.48. The van der Waals surface area contributed by atoms with Crippen LogP contribution in [-0.2, 0) is 0 Å². The Balaban J connectivity index is 1.55. The number of aromatic nitrogens is 4. The topological polar surface area (TPSA) is 95.3 Å². The van der Waals surface area contributed by atoms with Crippen LogP contribution in [0.5, 0.6) is 17.2 Å². The maximum absolute atomic E-state index is 5.77. The second-order valence-electron chi connectivity index (χ2n) is 7.20. The van der Waals surface area contributed by atoms with E-state index in [1.807, 2.05) is 30.3 Å². The number of ether oxygens (including phenoxy) is 3. The van der Waals surface area contributed by atoms with E-state index in [2.05, 4.69) is 46.4 Å². The lowest BCUT2D eigenvalue weighted by atomic mass is 10.0. The monoisotopic (exact) mass is 432 g/mol. The van der Waals surface area contributed by atoms with E-state index in [4.69, 9.17) is 18.6 Å². The third-order valence-electron chi connectivity index (χ3n) is 5.16. The van der Waals surface area contributed by atoms with Crippen molar-refractivity contribution in [2.45, 2.75) is 13.8 Å². The lowest BCUT2D eigenvalue weighted by molar-refractivity contribution is 0.324. The van der Waals surface area contributed by atoms with E-state index in [0.717, 1.165) is 16.8 Å². The van der Waals surface area contributed by atoms with Gasteiger partial charge in [0.1, 0.15) is 5.69 Å². The zero-order chi connectivity index (χ0) is 22.7. The molecular weight excluding hydrogens is 408 g/mol. The van der Waals surface area contributed by atoms with Gasteiger partial charge < -0.3 is 18.6 Å². The summed E-state index contributed by atoms with van der Waals surface area (Å²) in [6.07, 6.45) is 3.55. The summed E-state index contributed by atoms with van der Waals surface area (Å²) in [6.45, 7) is 4.16. The summed E-state index contributed by atoms with van der Waals surface area (Å²) in [7, 11) is 4.72. The summed E-state index contributed by atoms with van der Waals surface area (Å²) in [5.41, 5.74) is 5.78. The van der Waals surface area contributed by atoms with Gasteiger partial charge in [0.05, 0.1) is 27.0 Å². The summed E-state index contributed by atoms with van der Waals surface area (Å²) in [5, 5.41) is 15.6. The van der Waals surface area contributed by atoms with Crippen molar-refractivity contribution in [3.8, 4) is 40.1 Å². The lowest BCUT2D eigenvalue weighted by Crippen LogP contribution is -1.95. The Bertz CT molecular complexity index is 1250. The Labute approximate surface area is 185 Å². The molecule has 32 heavy (non-hydrogen) atoms. The third-order valence-corrected chi connectivity index (χ3v) is 5.16. The van der Waals surface area contributed by atoms with Crippen molar-refractivity contribution >= 4 is 12.2 Å². The van der Waals surface area contributed by atoms with E-state index >= 15 is 0 Å². The van der Waals surface area contributed by atoms with E-state index in [-0.39, 0.29) is 0 Å². The number of methoxy groups -OCH3 is 3.